The summed E-state index contributed by atoms with van der Waals surface area (Å²) in [5.41, 5.74) is 1.48. The number of rotatable bonds is 3. The summed E-state index contributed by atoms with van der Waals surface area (Å²) in [6, 6.07) is 5.37. The van der Waals surface area contributed by atoms with Crippen LogP contribution in [0.1, 0.15) is 26.3 Å². The average Bonchev–Trinajstić information content (AvgIpc) is 2.29. The van der Waals surface area contributed by atoms with Gasteiger partial charge in [-0.3, -0.25) is 0 Å². The number of urea groups is 1. The van der Waals surface area contributed by atoms with Gasteiger partial charge in [0.25, 0.3) is 0 Å². The van der Waals surface area contributed by atoms with Gasteiger partial charge in [0, 0.05) is 16.7 Å². The van der Waals surface area contributed by atoms with Crippen molar-refractivity contribution in [3.8, 4) is 0 Å². The molecule has 0 aliphatic heterocycles. The Hall–Kier alpha value is -1.07. The van der Waals surface area contributed by atoms with Gasteiger partial charge in [0.2, 0.25) is 0 Å². The molecule has 1 rings (SSSR count). The molecule has 0 aliphatic carbocycles. The fraction of sp³-hybridized carbons (Fsp3) is 0.500. The van der Waals surface area contributed by atoms with Crippen LogP contribution in [0.15, 0.2) is 22.7 Å². The van der Waals surface area contributed by atoms with E-state index in [4.69, 9.17) is 0 Å². The lowest BCUT2D eigenvalue weighted by Crippen LogP contribution is -2.40. The maximum absolute atomic E-state index is 11.8. The molecule has 2 amide bonds. The predicted octanol–water partition coefficient (Wildman–Crippen LogP) is 3.29. The molecule has 0 heterocycles. The normalized spacial score (nSPS) is 12.9. The monoisotopic (exact) mass is 328 g/mol. The molecule has 0 saturated carbocycles. The van der Waals surface area contributed by atoms with E-state index < -0.39 is 6.10 Å². The van der Waals surface area contributed by atoms with Crippen LogP contribution in [0, 0.1) is 12.3 Å². The quantitative estimate of drug-likeness (QED) is 0.797. The van der Waals surface area contributed by atoms with Gasteiger partial charge in [-0.2, -0.15) is 0 Å². The molecule has 4 nitrogen and oxygen atoms in total. The number of carbonyl (C=O) groups excluding carboxylic acids is 1. The third-order valence-electron chi connectivity index (χ3n) is 2.90. The van der Waals surface area contributed by atoms with Crippen LogP contribution in [-0.2, 0) is 0 Å². The molecule has 106 valence electrons. The largest absolute Gasteiger partial charge is 0.391 e. The molecule has 5 heteroatoms. The van der Waals surface area contributed by atoms with Crippen LogP contribution < -0.4 is 10.6 Å². The molecule has 0 bridgehead atoms. The molecule has 1 unspecified atom stereocenters. The lowest BCUT2D eigenvalue weighted by molar-refractivity contribution is 0.0654. The molecule has 0 saturated heterocycles. The Morgan fingerprint density at radius 3 is 2.63 bits per heavy atom. The van der Waals surface area contributed by atoms with Gasteiger partial charge in [0.15, 0.2) is 0 Å². The Labute approximate surface area is 122 Å². The highest BCUT2D eigenvalue weighted by molar-refractivity contribution is 9.10. The second kappa shape index (κ2) is 6.39. The van der Waals surface area contributed by atoms with Crippen LogP contribution in [-0.4, -0.2) is 23.8 Å². The summed E-state index contributed by atoms with van der Waals surface area (Å²) >= 11 is 3.36. The number of hydrogen-bond donors (Lipinski definition) is 3. The van der Waals surface area contributed by atoms with Crippen LogP contribution in [0.2, 0.25) is 0 Å². The van der Waals surface area contributed by atoms with Crippen LogP contribution in [0.3, 0.4) is 0 Å². The Kier molecular flexibility index (Phi) is 5.38. The molecular formula is C14H21BrN2O2. The molecule has 1 atom stereocenters. The molecule has 19 heavy (non-hydrogen) atoms. The zero-order valence-electron chi connectivity index (χ0n) is 11.7. The van der Waals surface area contributed by atoms with E-state index in [0.717, 1.165) is 15.7 Å². The van der Waals surface area contributed by atoms with Crippen molar-refractivity contribution < 1.29 is 9.90 Å². The minimum Gasteiger partial charge on any atom is -0.391 e. The van der Waals surface area contributed by atoms with Crippen molar-refractivity contribution in [3.63, 3.8) is 0 Å². The number of nitrogens with one attached hydrogen (secondary N) is 2. The average molecular weight is 329 g/mol. The first-order valence-electron chi connectivity index (χ1n) is 6.19. The number of halogens is 1. The highest BCUT2D eigenvalue weighted by Gasteiger charge is 2.22. The summed E-state index contributed by atoms with van der Waals surface area (Å²) < 4.78 is 0.906. The molecule has 1 aromatic carbocycles. The van der Waals surface area contributed by atoms with Gasteiger partial charge >= 0.3 is 6.03 Å². The molecule has 3 N–H and O–H groups in total. The second-order valence-electron chi connectivity index (χ2n) is 5.68. The van der Waals surface area contributed by atoms with Crippen molar-refractivity contribution in [1.29, 1.82) is 0 Å². The predicted molar refractivity (Wildman–Crippen MR) is 81.4 cm³/mol. The van der Waals surface area contributed by atoms with Crippen LogP contribution in [0.25, 0.3) is 0 Å². The second-order valence-corrected chi connectivity index (χ2v) is 6.59. The fourth-order valence-electron chi connectivity index (χ4n) is 1.39. The molecule has 0 radical (unpaired) electrons. The van der Waals surface area contributed by atoms with Crippen LogP contribution >= 0.6 is 15.9 Å². The van der Waals surface area contributed by atoms with E-state index in [0.29, 0.717) is 0 Å². The van der Waals surface area contributed by atoms with E-state index >= 15 is 0 Å². The first-order chi connectivity index (χ1) is 8.70. The smallest absolute Gasteiger partial charge is 0.319 e. The van der Waals surface area contributed by atoms with Crippen molar-refractivity contribution in [3.05, 3.63) is 28.2 Å². The summed E-state index contributed by atoms with van der Waals surface area (Å²) in [5.74, 6) is 0. The van der Waals surface area contributed by atoms with Gasteiger partial charge in [-0.05, 0) is 30.0 Å². The number of benzene rings is 1. The van der Waals surface area contributed by atoms with E-state index in [-0.39, 0.29) is 18.0 Å². The highest BCUT2D eigenvalue weighted by Crippen LogP contribution is 2.21. The van der Waals surface area contributed by atoms with Gasteiger partial charge in [-0.25, -0.2) is 4.79 Å². The Bertz CT molecular complexity index is 455. The fourth-order valence-corrected chi connectivity index (χ4v) is 1.75. The maximum atomic E-state index is 11.8. The van der Waals surface area contributed by atoms with E-state index in [1.807, 2.05) is 45.9 Å². The summed E-state index contributed by atoms with van der Waals surface area (Å²) in [7, 11) is 0. The van der Waals surface area contributed by atoms with Gasteiger partial charge in [0.05, 0.1) is 6.10 Å². The van der Waals surface area contributed by atoms with Crippen LogP contribution in [0.4, 0.5) is 10.5 Å². The number of anilines is 1. The third-order valence-corrected chi connectivity index (χ3v) is 3.40. The number of aliphatic hydroxyl groups is 1. The highest BCUT2D eigenvalue weighted by atomic mass is 79.9. The molecule has 0 aromatic heterocycles. The molecule has 0 spiro atoms. The number of aryl methyl sites for hydroxylation is 1. The summed E-state index contributed by atoms with van der Waals surface area (Å²) in [4.78, 5) is 11.8. The van der Waals surface area contributed by atoms with E-state index in [1.165, 1.54) is 0 Å². The lowest BCUT2D eigenvalue weighted by atomic mass is 9.89. The van der Waals surface area contributed by atoms with Gasteiger partial charge in [-0.15, -0.1) is 0 Å². The minimum atomic E-state index is -0.582. The number of amides is 2. The minimum absolute atomic E-state index is 0.225. The van der Waals surface area contributed by atoms with Crippen molar-refractivity contribution >= 4 is 27.6 Å². The van der Waals surface area contributed by atoms with Gasteiger partial charge in [-0.1, -0.05) is 42.8 Å². The molecule has 0 aliphatic rings. The van der Waals surface area contributed by atoms with E-state index in [2.05, 4.69) is 26.6 Å². The number of carbonyl (C=O) groups is 1. The first-order valence-corrected chi connectivity index (χ1v) is 6.98. The van der Waals surface area contributed by atoms with Crippen LogP contribution in [0.5, 0.6) is 0 Å². The van der Waals surface area contributed by atoms with Crippen molar-refractivity contribution in [2.75, 3.05) is 11.9 Å². The topological polar surface area (TPSA) is 61.4 Å². The summed E-state index contributed by atoms with van der Waals surface area (Å²) in [6.07, 6.45) is -0.582. The standard InChI is InChI=1S/C14H21BrN2O2/c1-9-5-6-10(15)7-11(9)17-13(19)16-8-12(18)14(2,3)4/h5-7,12,18H,8H2,1-4H3,(H2,16,17,19). The third kappa shape index (κ3) is 5.20. The van der Waals surface area contributed by atoms with Gasteiger partial charge in [0.1, 0.15) is 0 Å². The Morgan fingerprint density at radius 2 is 2.05 bits per heavy atom. The van der Waals surface area contributed by atoms with Crippen molar-refractivity contribution in [2.24, 2.45) is 5.41 Å². The SMILES string of the molecule is Cc1ccc(Br)cc1NC(=O)NCC(O)C(C)(C)C. The Balaban J connectivity index is 2.54. The summed E-state index contributed by atoms with van der Waals surface area (Å²) in [6.45, 7) is 7.93. The van der Waals surface area contributed by atoms with E-state index in [9.17, 15) is 9.90 Å². The van der Waals surface area contributed by atoms with Crippen molar-refractivity contribution in [2.45, 2.75) is 33.8 Å². The zero-order valence-corrected chi connectivity index (χ0v) is 13.3. The maximum Gasteiger partial charge on any atom is 0.319 e. The number of hydrogen-bond acceptors (Lipinski definition) is 2. The van der Waals surface area contributed by atoms with E-state index in [1.54, 1.807) is 0 Å². The Morgan fingerprint density at radius 1 is 1.42 bits per heavy atom. The lowest BCUT2D eigenvalue weighted by Gasteiger charge is -2.25. The van der Waals surface area contributed by atoms with Gasteiger partial charge < -0.3 is 15.7 Å². The molecule has 0 fully saturated rings. The molecular weight excluding hydrogens is 308 g/mol. The number of aliphatic hydroxyl groups excluding tert-OH is 1. The molecule has 1 aromatic rings. The first kappa shape index (κ1) is 16.0. The van der Waals surface area contributed by atoms with Crippen molar-refractivity contribution in [1.82, 2.24) is 5.32 Å². The summed E-state index contributed by atoms with van der Waals surface area (Å²) in [5, 5.41) is 15.3. The zero-order chi connectivity index (χ0) is 14.6.